The highest BCUT2D eigenvalue weighted by Crippen LogP contribution is 2.33. The van der Waals surface area contributed by atoms with E-state index in [9.17, 15) is 0 Å². The Balaban J connectivity index is -0.000000282. The van der Waals surface area contributed by atoms with Crippen LogP contribution in [0.2, 0.25) is 0 Å². The molecule has 0 radical (unpaired) electrons. The van der Waals surface area contributed by atoms with Gasteiger partial charge in [-0.1, -0.05) is 148 Å². The molecule has 13 heterocycles. The fourth-order valence-corrected chi connectivity index (χ4v) is 9.87. The molecule has 5 aromatic rings. The van der Waals surface area contributed by atoms with Gasteiger partial charge >= 0.3 is 0 Å². The van der Waals surface area contributed by atoms with Crippen molar-refractivity contribution in [2.24, 2.45) is 16.8 Å². The number of H-pyrrole nitrogens is 1. The van der Waals surface area contributed by atoms with Crippen LogP contribution in [-0.2, 0) is 48.5 Å². The van der Waals surface area contributed by atoms with Crippen LogP contribution in [0.25, 0.3) is 0 Å². The Morgan fingerprint density at radius 1 is 0.402 bits per heavy atom. The van der Waals surface area contributed by atoms with Gasteiger partial charge in [0.15, 0.2) is 0 Å². The topological polar surface area (TPSA) is 194 Å². The number of benzene rings is 2. The standard InChI is InChI=1S/2C8H9N.2C7H8N2.C7H13N.C5H11N.C5H7N.C4H9NO.C4H9N.C4H8O.C2H3N3.10CH4/c1-2-4-8-6-9-5-7(8)3-1;1-2-4-8-7(3-1)5-6-9-8;1-2-6-3-5-9-7(6)8-4-1;1-2-6-4-8-5-7(6)9-3-1;1-2-6-4-8-5-7(6)3-1;2*1-2-4-6-5-3-1;1-3-6-4-2-5-1;3*1-2-4-5-3-1;;;;;;;;;;/h2*1-4,9H,5-6H2;1-2,4H,3,5H2,(H,8,9);1-3,8H,4-5H2;6-8H,1-5H2;6H,1-5H2;1-2,4H,3,5H2;5H,1-4H2;5H,1-4H2;1-4H2;1-2H,(H,3,4,5);10*1H4. The number of hydrogen-bond acceptors (Lipinski definition) is 15. The highest BCUT2D eigenvalue weighted by Gasteiger charge is 2.30. The van der Waals surface area contributed by atoms with E-state index < -0.39 is 0 Å². The highest BCUT2D eigenvalue weighted by atomic mass is 16.5. The van der Waals surface area contributed by atoms with E-state index in [1.54, 1.807) is 12.4 Å². The van der Waals surface area contributed by atoms with E-state index in [4.69, 9.17) is 9.47 Å². The van der Waals surface area contributed by atoms with Gasteiger partial charge in [0.05, 0.1) is 31.3 Å². The van der Waals surface area contributed by atoms with E-state index in [1.165, 1.54) is 149 Å². The number of para-hydroxylation sites is 1. The summed E-state index contributed by atoms with van der Waals surface area (Å²) in [5, 5.41) is 35.4. The van der Waals surface area contributed by atoms with Gasteiger partial charge in [-0.15, -0.1) is 0 Å². The van der Waals surface area contributed by atoms with Crippen molar-refractivity contribution in [2.75, 3.05) is 109 Å². The summed E-state index contributed by atoms with van der Waals surface area (Å²) in [5.41, 5.74) is 9.58. The first-order chi connectivity index (χ1) is 38.3. The Hall–Kier alpha value is -5.43. The highest BCUT2D eigenvalue weighted by molar-refractivity contribution is 5.71. The number of hydrogen-bond donors (Lipinski definition) is 9. The van der Waals surface area contributed by atoms with Crippen LogP contribution in [0.1, 0.15) is 178 Å². The lowest BCUT2D eigenvalue weighted by Gasteiger charge is -2.10. The van der Waals surface area contributed by atoms with Crippen molar-refractivity contribution in [3.63, 3.8) is 0 Å². The number of nitrogens with one attached hydrogen (secondary N) is 9. The van der Waals surface area contributed by atoms with Gasteiger partial charge in [0.25, 0.3) is 0 Å². The Kier molecular flexibility index (Phi) is 63.2. The van der Waals surface area contributed by atoms with Crippen molar-refractivity contribution in [2.45, 2.75) is 184 Å². The van der Waals surface area contributed by atoms with Gasteiger partial charge in [-0.3, -0.25) is 9.98 Å². The number of pyridine rings is 2. The molecule has 16 rings (SSSR count). The lowest BCUT2D eigenvalue weighted by molar-refractivity contribution is 0.109. The summed E-state index contributed by atoms with van der Waals surface area (Å²) in [5.74, 6) is 3.20. The summed E-state index contributed by atoms with van der Waals surface area (Å²) < 4.78 is 9.95. The first-order valence-electron chi connectivity index (χ1n) is 29.2. The maximum atomic E-state index is 5.01. The van der Waals surface area contributed by atoms with E-state index in [1.807, 2.05) is 36.8 Å². The largest absolute Gasteiger partial charge is 0.384 e. The summed E-state index contributed by atoms with van der Waals surface area (Å²) in [6.07, 6.45) is 30.2. The molecule has 0 amide bonds. The van der Waals surface area contributed by atoms with Gasteiger partial charge in [-0.2, -0.15) is 15.4 Å². The minimum atomic E-state index is 0. The number of fused-ring (bicyclic) bond motifs is 5. The number of anilines is 2. The quantitative estimate of drug-likeness (QED) is 0.0711. The van der Waals surface area contributed by atoms with Gasteiger partial charge < -0.3 is 52.0 Å². The number of ether oxygens (including phenoxy) is 2. The zero-order chi connectivity index (χ0) is 53.1. The second-order valence-corrected chi connectivity index (χ2v) is 20.1. The van der Waals surface area contributed by atoms with Crippen molar-refractivity contribution in [1.82, 2.24) is 57.3 Å². The fraction of sp³-hybridized carbons (Fsp3) is 0.620. The lowest BCUT2D eigenvalue weighted by Crippen LogP contribution is -2.30. The van der Waals surface area contributed by atoms with Gasteiger partial charge in [0, 0.05) is 96.4 Å². The number of morpholine rings is 1. The van der Waals surface area contributed by atoms with Gasteiger partial charge in [0.2, 0.25) is 0 Å². The Morgan fingerprint density at radius 2 is 0.908 bits per heavy atom. The van der Waals surface area contributed by atoms with E-state index in [0.29, 0.717) is 0 Å². The first-order valence-corrected chi connectivity index (χ1v) is 29.2. The molecule has 2 unspecified atom stereocenters. The monoisotopic (exact) mass is 1220 g/mol. The molecular formula is C71H134N14O2. The molecule has 500 valence electrons. The zero-order valence-electron chi connectivity index (χ0n) is 46.3. The van der Waals surface area contributed by atoms with E-state index >= 15 is 0 Å². The number of rotatable bonds is 0. The molecule has 5 saturated heterocycles. The van der Waals surface area contributed by atoms with Gasteiger partial charge in [-0.05, 0) is 174 Å². The number of aliphatic imine (C=N–C) groups is 1. The lowest BCUT2D eigenvalue weighted by atomic mass is 10.0. The summed E-state index contributed by atoms with van der Waals surface area (Å²) in [4.78, 5) is 12.3. The molecule has 16 nitrogen and oxygen atoms in total. The molecular weight excluding hydrogens is 1080 g/mol. The summed E-state index contributed by atoms with van der Waals surface area (Å²) in [6, 6.07) is 25.2. The Labute approximate surface area is 535 Å². The molecule has 11 aliphatic rings. The van der Waals surface area contributed by atoms with Crippen molar-refractivity contribution < 1.29 is 9.47 Å². The number of piperidine rings is 1. The number of aromatic amines is 1. The molecule has 0 bridgehead atoms. The minimum absolute atomic E-state index is 0. The van der Waals surface area contributed by atoms with Crippen LogP contribution in [0.4, 0.5) is 11.5 Å². The average molecular weight is 1220 g/mol. The SMILES string of the molecule is C.C.C.C.C.C.C.C.C.C.C1=CCCN=C1.C1CC2CNCC2C1.C1CCNC1.C1CCNCC1.C1CCOC1.C1COCCN1.c1ccc2c(c1)CCN2.c1ccc2c(c1)CNC2.c1cn[nH]n1.c1cnc2c(c1)CCN2.c1cnc2c(c1)CNC2. The van der Waals surface area contributed by atoms with Gasteiger partial charge in [0.1, 0.15) is 5.82 Å². The Morgan fingerprint density at radius 3 is 1.34 bits per heavy atom. The molecule has 1 saturated carbocycles. The number of nitrogens with zero attached hydrogens (tertiary/aromatic N) is 5. The summed E-state index contributed by atoms with van der Waals surface area (Å²) in [7, 11) is 0. The van der Waals surface area contributed by atoms with Crippen LogP contribution in [0, 0.1) is 11.8 Å². The summed E-state index contributed by atoms with van der Waals surface area (Å²) in [6.45, 7) is 20.6. The molecule has 0 spiro atoms. The average Bonchev–Trinajstić information content (AvgIpc) is 4.57. The van der Waals surface area contributed by atoms with Gasteiger partial charge in [-0.25, -0.2) is 4.98 Å². The molecule has 6 fully saturated rings. The predicted octanol–water partition coefficient (Wildman–Crippen LogP) is 14.4. The van der Waals surface area contributed by atoms with Crippen LogP contribution in [0.3, 0.4) is 0 Å². The molecule has 2 aromatic carbocycles. The maximum absolute atomic E-state index is 5.01. The molecule has 16 heteroatoms. The van der Waals surface area contributed by atoms with E-state index in [0.717, 1.165) is 116 Å². The van der Waals surface area contributed by atoms with Crippen molar-refractivity contribution in [3.8, 4) is 0 Å². The first kappa shape index (κ1) is 90.3. The third kappa shape index (κ3) is 40.0. The molecule has 3 aromatic heterocycles. The van der Waals surface area contributed by atoms with E-state index in [-0.39, 0.29) is 74.3 Å². The number of aromatic nitrogens is 5. The third-order valence-corrected chi connectivity index (χ3v) is 14.2. The normalized spacial score (nSPS) is 18.2. The third-order valence-electron chi connectivity index (χ3n) is 14.2. The summed E-state index contributed by atoms with van der Waals surface area (Å²) >= 11 is 0. The second-order valence-electron chi connectivity index (χ2n) is 20.1. The second kappa shape index (κ2) is 60.8. The smallest absolute Gasteiger partial charge is 0.129 e. The number of dihydropyridines is 1. The van der Waals surface area contributed by atoms with Crippen molar-refractivity contribution in [1.29, 1.82) is 0 Å². The van der Waals surface area contributed by atoms with Crippen LogP contribution < -0.4 is 42.5 Å². The van der Waals surface area contributed by atoms with Crippen LogP contribution in [0.15, 0.2) is 115 Å². The molecule has 10 aliphatic heterocycles. The minimum Gasteiger partial charge on any atom is -0.384 e. The zero-order valence-corrected chi connectivity index (χ0v) is 46.3. The van der Waals surface area contributed by atoms with Crippen molar-refractivity contribution in [3.05, 3.63) is 143 Å². The molecule has 1 aliphatic carbocycles. The fourth-order valence-electron chi connectivity index (χ4n) is 9.87. The predicted molar refractivity (Wildman–Crippen MR) is 384 cm³/mol. The van der Waals surface area contributed by atoms with E-state index in [2.05, 4.69) is 140 Å². The molecule has 87 heavy (non-hydrogen) atoms. The Bertz CT molecular complexity index is 1870. The van der Waals surface area contributed by atoms with Crippen LogP contribution in [0.5, 0.6) is 0 Å². The maximum Gasteiger partial charge on any atom is 0.129 e. The molecule has 2 atom stereocenters. The molecule has 9 N–H and O–H groups in total. The van der Waals surface area contributed by atoms with Crippen LogP contribution in [-0.4, -0.2) is 130 Å². The number of allylic oxidation sites excluding steroid dienone is 1. The van der Waals surface area contributed by atoms with Crippen molar-refractivity contribution >= 4 is 17.7 Å². The van der Waals surface area contributed by atoms with Crippen LogP contribution >= 0.6 is 0 Å².